The molecule has 1 unspecified atom stereocenters. The van der Waals surface area contributed by atoms with Crippen LogP contribution in [0, 0.1) is 5.82 Å². The van der Waals surface area contributed by atoms with Crippen LogP contribution in [0.3, 0.4) is 0 Å². The fraction of sp³-hybridized carbons (Fsp3) is 0.167. The van der Waals surface area contributed by atoms with Crippen LogP contribution in [-0.4, -0.2) is 17.2 Å². The number of aliphatic hydroxyl groups is 1. The Morgan fingerprint density at radius 1 is 1.22 bits per heavy atom. The van der Waals surface area contributed by atoms with Gasteiger partial charge in [-0.1, -0.05) is 30.3 Å². The minimum absolute atomic E-state index is 0.323. The summed E-state index contributed by atoms with van der Waals surface area (Å²) >= 11 is 1.38. The third-order valence-electron chi connectivity index (χ3n) is 3.48. The number of methoxy groups -OCH3 is 1. The molecule has 3 rings (SSSR count). The third-order valence-corrected chi connectivity index (χ3v) is 4.37. The van der Waals surface area contributed by atoms with Crippen molar-refractivity contribution in [2.75, 3.05) is 7.11 Å². The molecular weight excluding hydrogens is 313 g/mol. The SMILES string of the molecule is COCc1cccc(-c2csc(C(O)c3ccc(F)cc3)n2)c1. The van der Waals surface area contributed by atoms with Crippen LogP contribution in [0.4, 0.5) is 4.39 Å². The minimum Gasteiger partial charge on any atom is -0.381 e. The van der Waals surface area contributed by atoms with Gasteiger partial charge in [0, 0.05) is 18.1 Å². The highest BCUT2D eigenvalue weighted by Gasteiger charge is 2.15. The normalized spacial score (nSPS) is 12.3. The van der Waals surface area contributed by atoms with E-state index >= 15 is 0 Å². The van der Waals surface area contributed by atoms with Crippen molar-refractivity contribution < 1.29 is 14.2 Å². The van der Waals surface area contributed by atoms with Gasteiger partial charge < -0.3 is 9.84 Å². The molecule has 0 aliphatic rings. The molecule has 3 nitrogen and oxygen atoms in total. The third kappa shape index (κ3) is 3.64. The molecule has 1 heterocycles. The number of hydrogen-bond acceptors (Lipinski definition) is 4. The summed E-state index contributed by atoms with van der Waals surface area (Å²) in [6.07, 6.45) is -0.850. The zero-order chi connectivity index (χ0) is 16.2. The van der Waals surface area contributed by atoms with E-state index in [2.05, 4.69) is 4.98 Å². The molecule has 5 heteroatoms. The molecule has 0 amide bonds. The second-order valence-electron chi connectivity index (χ2n) is 5.16. The second-order valence-corrected chi connectivity index (χ2v) is 6.05. The molecule has 1 aromatic heterocycles. The highest BCUT2D eigenvalue weighted by Crippen LogP contribution is 2.29. The Balaban J connectivity index is 1.85. The molecular formula is C18H16FNO2S. The molecule has 23 heavy (non-hydrogen) atoms. The maximum atomic E-state index is 13.0. The first-order chi connectivity index (χ1) is 11.2. The molecule has 0 aliphatic heterocycles. The molecule has 0 spiro atoms. The van der Waals surface area contributed by atoms with E-state index in [4.69, 9.17) is 4.74 Å². The largest absolute Gasteiger partial charge is 0.381 e. The van der Waals surface area contributed by atoms with E-state index in [1.807, 2.05) is 29.6 Å². The Kier molecular flexibility index (Phi) is 4.81. The molecule has 3 aromatic rings. The van der Waals surface area contributed by atoms with Crippen molar-refractivity contribution in [3.8, 4) is 11.3 Å². The van der Waals surface area contributed by atoms with Crippen LogP contribution in [0.1, 0.15) is 22.2 Å². The Morgan fingerprint density at radius 2 is 2.00 bits per heavy atom. The first-order valence-corrected chi connectivity index (χ1v) is 8.02. The number of rotatable bonds is 5. The minimum atomic E-state index is -0.850. The zero-order valence-corrected chi connectivity index (χ0v) is 13.4. The smallest absolute Gasteiger partial charge is 0.131 e. The quantitative estimate of drug-likeness (QED) is 0.763. The standard InChI is InChI=1S/C18H16FNO2S/c1-22-10-12-3-2-4-14(9-12)16-11-23-18(20-16)17(21)13-5-7-15(19)8-6-13/h2-9,11,17,21H,10H2,1H3. The second kappa shape index (κ2) is 7.00. The molecule has 0 saturated carbocycles. The molecule has 0 radical (unpaired) electrons. The van der Waals surface area contributed by atoms with Gasteiger partial charge in [-0.15, -0.1) is 11.3 Å². The molecule has 0 saturated heterocycles. The Hall–Kier alpha value is -2.08. The number of aromatic nitrogens is 1. The maximum Gasteiger partial charge on any atom is 0.131 e. The topological polar surface area (TPSA) is 42.4 Å². The average molecular weight is 329 g/mol. The summed E-state index contributed by atoms with van der Waals surface area (Å²) in [4.78, 5) is 4.51. The monoisotopic (exact) mass is 329 g/mol. The summed E-state index contributed by atoms with van der Waals surface area (Å²) in [7, 11) is 1.66. The van der Waals surface area contributed by atoms with E-state index in [0.717, 1.165) is 16.8 Å². The van der Waals surface area contributed by atoms with Crippen molar-refractivity contribution in [3.05, 3.63) is 75.9 Å². The Bertz CT molecular complexity index is 786. The lowest BCUT2D eigenvalue weighted by Gasteiger charge is -2.07. The van der Waals surface area contributed by atoms with Gasteiger partial charge in [-0.3, -0.25) is 0 Å². The lowest BCUT2D eigenvalue weighted by atomic mass is 10.1. The number of nitrogens with zero attached hydrogens (tertiary/aromatic N) is 1. The van der Waals surface area contributed by atoms with Crippen LogP contribution in [0.25, 0.3) is 11.3 Å². The van der Waals surface area contributed by atoms with Gasteiger partial charge in [0.05, 0.1) is 12.3 Å². The van der Waals surface area contributed by atoms with Crippen LogP contribution < -0.4 is 0 Å². The van der Waals surface area contributed by atoms with Crippen LogP contribution in [0.2, 0.25) is 0 Å². The van der Waals surface area contributed by atoms with Crippen LogP contribution in [0.5, 0.6) is 0 Å². The lowest BCUT2D eigenvalue weighted by molar-refractivity contribution is 0.185. The summed E-state index contributed by atoms with van der Waals surface area (Å²) in [6, 6.07) is 13.8. The van der Waals surface area contributed by atoms with E-state index < -0.39 is 6.10 Å². The molecule has 118 valence electrons. The first-order valence-electron chi connectivity index (χ1n) is 7.14. The van der Waals surface area contributed by atoms with Crippen molar-refractivity contribution in [2.24, 2.45) is 0 Å². The van der Waals surface area contributed by atoms with Crippen molar-refractivity contribution in [1.29, 1.82) is 0 Å². The number of benzene rings is 2. The van der Waals surface area contributed by atoms with Crippen molar-refractivity contribution in [3.63, 3.8) is 0 Å². The van der Waals surface area contributed by atoms with E-state index in [9.17, 15) is 9.50 Å². The van der Waals surface area contributed by atoms with Crippen LogP contribution in [0.15, 0.2) is 53.9 Å². The van der Waals surface area contributed by atoms with Gasteiger partial charge in [0.2, 0.25) is 0 Å². The predicted molar refractivity (Wildman–Crippen MR) is 88.7 cm³/mol. The van der Waals surface area contributed by atoms with Gasteiger partial charge in [-0.25, -0.2) is 9.37 Å². The van der Waals surface area contributed by atoms with Gasteiger partial charge in [0.1, 0.15) is 16.9 Å². The van der Waals surface area contributed by atoms with Crippen LogP contribution in [-0.2, 0) is 11.3 Å². The van der Waals surface area contributed by atoms with E-state index in [-0.39, 0.29) is 5.82 Å². The van der Waals surface area contributed by atoms with Crippen LogP contribution >= 0.6 is 11.3 Å². The summed E-state index contributed by atoms with van der Waals surface area (Å²) in [6.45, 7) is 0.545. The number of thiazole rings is 1. The average Bonchev–Trinajstić information content (AvgIpc) is 3.05. The van der Waals surface area contributed by atoms with Gasteiger partial charge >= 0.3 is 0 Å². The lowest BCUT2D eigenvalue weighted by Crippen LogP contribution is -1.99. The molecule has 0 bridgehead atoms. The molecule has 1 atom stereocenters. The van der Waals surface area contributed by atoms with E-state index in [1.54, 1.807) is 19.2 Å². The fourth-order valence-electron chi connectivity index (χ4n) is 2.32. The molecule has 1 N–H and O–H groups in total. The Labute approximate surface area is 138 Å². The zero-order valence-electron chi connectivity index (χ0n) is 12.6. The van der Waals surface area contributed by atoms with E-state index in [1.165, 1.54) is 23.5 Å². The molecule has 0 fully saturated rings. The number of halogens is 1. The summed E-state index contributed by atoms with van der Waals surface area (Å²) in [5, 5.41) is 12.9. The summed E-state index contributed by atoms with van der Waals surface area (Å²) < 4.78 is 18.1. The van der Waals surface area contributed by atoms with Gasteiger partial charge in [0.15, 0.2) is 0 Å². The summed E-state index contributed by atoms with van der Waals surface area (Å²) in [5.74, 6) is -0.323. The van der Waals surface area contributed by atoms with Gasteiger partial charge in [-0.05, 0) is 29.3 Å². The first kappa shape index (κ1) is 15.8. The maximum absolute atomic E-state index is 13.0. The van der Waals surface area contributed by atoms with Crippen molar-refractivity contribution in [1.82, 2.24) is 4.98 Å². The number of aliphatic hydroxyl groups excluding tert-OH is 1. The predicted octanol–water partition coefficient (Wildman–Crippen LogP) is 4.18. The van der Waals surface area contributed by atoms with E-state index in [0.29, 0.717) is 17.2 Å². The number of hydrogen-bond donors (Lipinski definition) is 1. The fourth-order valence-corrected chi connectivity index (χ4v) is 3.16. The Morgan fingerprint density at radius 3 is 2.74 bits per heavy atom. The van der Waals surface area contributed by atoms with Gasteiger partial charge in [-0.2, -0.15) is 0 Å². The highest BCUT2D eigenvalue weighted by molar-refractivity contribution is 7.10. The van der Waals surface area contributed by atoms with Crippen molar-refractivity contribution in [2.45, 2.75) is 12.7 Å². The summed E-state index contributed by atoms with van der Waals surface area (Å²) in [5.41, 5.74) is 3.48. The number of ether oxygens (including phenoxy) is 1. The van der Waals surface area contributed by atoms with Crippen molar-refractivity contribution >= 4 is 11.3 Å². The highest BCUT2D eigenvalue weighted by atomic mass is 32.1. The molecule has 0 aliphatic carbocycles. The molecule has 2 aromatic carbocycles. The van der Waals surface area contributed by atoms with Gasteiger partial charge in [0.25, 0.3) is 0 Å².